The van der Waals surface area contributed by atoms with Crippen LogP contribution in [0, 0.1) is 0 Å². The third kappa shape index (κ3) is 4.02. The minimum atomic E-state index is -0.836. The topological polar surface area (TPSA) is 50.2 Å². The Morgan fingerprint density at radius 2 is 1.78 bits per heavy atom. The van der Waals surface area contributed by atoms with Gasteiger partial charge >= 0.3 is 5.97 Å². The minimum Gasteiger partial charge on any atom is -0.481 e. The molecule has 3 nitrogen and oxygen atoms in total. The fraction of sp³-hybridized carbons (Fsp3) is 0.0588. The Hall–Kier alpha value is -1.63. The van der Waals surface area contributed by atoms with Crippen molar-refractivity contribution in [3.63, 3.8) is 0 Å². The number of aromatic nitrogens is 1. The lowest BCUT2D eigenvalue weighted by Gasteiger charge is -2.02. The maximum absolute atomic E-state index is 10.8. The van der Waals surface area contributed by atoms with Crippen molar-refractivity contribution in [2.24, 2.45) is 0 Å². The fourth-order valence-corrected chi connectivity index (χ4v) is 4.23. The molecule has 2 aromatic carbocycles. The zero-order valence-corrected chi connectivity index (χ0v) is 15.1. The second kappa shape index (κ2) is 7.29. The summed E-state index contributed by atoms with van der Waals surface area (Å²) in [6.45, 7) is 0. The number of nitrogens with zero attached hydrogens (tertiary/aromatic N) is 1. The van der Waals surface area contributed by atoms with E-state index in [9.17, 15) is 4.79 Å². The highest BCUT2D eigenvalue weighted by atomic mass is 79.9. The van der Waals surface area contributed by atoms with E-state index in [4.69, 9.17) is 5.11 Å². The fourth-order valence-electron chi connectivity index (χ4n) is 2.07. The highest BCUT2D eigenvalue weighted by Gasteiger charge is 2.15. The lowest BCUT2D eigenvalue weighted by atomic mass is 10.1. The zero-order valence-electron chi connectivity index (χ0n) is 11.9. The Balaban J connectivity index is 2.05. The van der Waals surface area contributed by atoms with E-state index in [-0.39, 0.29) is 5.75 Å². The monoisotopic (exact) mass is 405 g/mol. The van der Waals surface area contributed by atoms with Gasteiger partial charge in [-0.15, -0.1) is 11.3 Å². The van der Waals surface area contributed by atoms with E-state index in [1.54, 1.807) is 0 Å². The number of carbonyl (C=O) groups is 1. The summed E-state index contributed by atoms with van der Waals surface area (Å²) in [5.41, 5.74) is 3.00. The molecule has 0 saturated heterocycles. The molecular weight excluding hydrogens is 394 g/mol. The molecule has 0 saturated carbocycles. The number of thiazole rings is 1. The van der Waals surface area contributed by atoms with Gasteiger partial charge in [0.2, 0.25) is 0 Å². The number of hydrogen-bond donors (Lipinski definition) is 1. The maximum atomic E-state index is 10.8. The van der Waals surface area contributed by atoms with Gasteiger partial charge in [0.05, 0.1) is 16.3 Å². The number of halogens is 1. The molecular formula is C17H12BrNO2S2. The second-order valence-electron chi connectivity index (χ2n) is 4.71. The van der Waals surface area contributed by atoms with Crippen LogP contribution in [0.2, 0.25) is 0 Å². The standard InChI is InChI=1S/C17H12BrNO2S2/c18-13-8-6-11(7-9-13)15-16(12-4-2-1-3-5-12)23-17(19-15)22-10-14(20)21/h1-9H,10H2,(H,20,21). The van der Waals surface area contributed by atoms with Gasteiger partial charge in [-0.3, -0.25) is 4.79 Å². The molecule has 1 N–H and O–H groups in total. The molecule has 23 heavy (non-hydrogen) atoms. The number of carboxylic acid groups (broad SMARTS) is 1. The first kappa shape index (κ1) is 16.2. The predicted octanol–water partition coefficient (Wildman–Crippen LogP) is 5.42. The summed E-state index contributed by atoms with van der Waals surface area (Å²) in [5, 5.41) is 8.87. The van der Waals surface area contributed by atoms with Gasteiger partial charge in [-0.05, 0) is 17.7 Å². The van der Waals surface area contributed by atoms with E-state index < -0.39 is 5.97 Å². The molecule has 0 bridgehead atoms. The largest absolute Gasteiger partial charge is 0.481 e. The Bertz CT molecular complexity index is 816. The molecule has 0 amide bonds. The molecule has 6 heteroatoms. The zero-order chi connectivity index (χ0) is 16.2. The highest BCUT2D eigenvalue weighted by Crippen LogP contribution is 2.40. The molecule has 116 valence electrons. The van der Waals surface area contributed by atoms with Crippen LogP contribution in [0.5, 0.6) is 0 Å². The maximum Gasteiger partial charge on any atom is 0.313 e. The molecule has 0 spiro atoms. The molecule has 0 unspecified atom stereocenters. The van der Waals surface area contributed by atoms with Gasteiger partial charge in [0.1, 0.15) is 0 Å². The normalized spacial score (nSPS) is 10.7. The van der Waals surface area contributed by atoms with Crippen molar-refractivity contribution in [1.29, 1.82) is 0 Å². The van der Waals surface area contributed by atoms with Crippen LogP contribution in [0.15, 0.2) is 63.4 Å². The molecule has 1 heterocycles. The van der Waals surface area contributed by atoms with E-state index >= 15 is 0 Å². The van der Waals surface area contributed by atoms with Gasteiger partial charge in [0, 0.05) is 10.0 Å². The lowest BCUT2D eigenvalue weighted by Crippen LogP contribution is -1.96. The van der Waals surface area contributed by atoms with Crippen LogP contribution in [0.3, 0.4) is 0 Å². The third-order valence-corrected chi connectivity index (χ3v) is 5.84. The molecule has 0 atom stereocenters. The first-order valence-electron chi connectivity index (χ1n) is 6.80. The van der Waals surface area contributed by atoms with Crippen molar-refractivity contribution >= 4 is 45.0 Å². The number of rotatable bonds is 5. The molecule has 1 aromatic heterocycles. The number of aliphatic carboxylic acids is 1. The molecule has 0 radical (unpaired) electrons. The van der Waals surface area contributed by atoms with Crippen LogP contribution < -0.4 is 0 Å². The first-order chi connectivity index (χ1) is 11.1. The molecule has 3 rings (SSSR count). The molecule has 0 fully saturated rings. The van der Waals surface area contributed by atoms with Gasteiger partial charge in [-0.1, -0.05) is 70.2 Å². The Kier molecular flexibility index (Phi) is 5.15. The van der Waals surface area contributed by atoms with Gasteiger partial charge in [0.15, 0.2) is 4.34 Å². The molecule has 3 aromatic rings. The predicted molar refractivity (Wildman–Crippen MR) is 99.0 cm³/mol. The van der Waals surface area contributed by atoms with Crippen LogP contribution in [0.1, 0.15) is 0 Å². The summed E-state index contributed by atoms with van der Waals surface area (Å²) in [6, 6.07) is 18.0. The van der Waals surface area contributed by atoms with Gasteiger partial charge in [-0.2, -0.15) is 0 Å². The molecule has 0 aliphatic heterocycles. The summed E-state index contributed by atoms with van der Waals surface area (Å²) >= 11 is 6.23. The average molecular weight is 406 g/mol. The average Bonchev–Trinajstić information content (AvgIpc) is 2.99. The summed E-state index contributed by atoms with van der Waals surface area (Å²) in [7, 11) is 0. The number of carboxylic acids is 1. The second-order valence-corrected chi connectivity index (χ2v) is 7.85. The van der Waals surface area contributed by atoms with Crippen molar-refractivity contribution < 1.29 is 9.90 Å². The van der Waals surface area contributed by atoms with Crippen LogP contribution in [-0.2, 0) is 4.79 Å². The summed E-state index contributed by atoms with van der Waals surface area (Å²) in [5.74, 6) is -0.821. The number of hydrogen-bond acceptors (Lipinski definition) is 4. The van der Waals surface area contributed by atoms with Crippen molar-refractivity contribution in [3.05, 3.63) is 59.1 Å². The molecule has 0 aliphatic rings. The number of thioether (sulfide) groups is 1. The van der Waals surface area contributed by atoms with Crippen LogP contribution in [0.25, 0.3) is 21.7 Å². The van der Waals surface area contributed by atoms with Crippen LogP contribution >= 0.6 is 39.0 Å². The van der Waals surface area contributed by atoms with Crippen LogP contribution in [-0.4, -0.2) is 21.8 Å². The van der Waals surface area contributed by atoms with E-state index in [1.165, 1.54) is 23.1 Å². The Morgan fingerprint density at radius 1 is 1.09 bits per heavy atom. The molecule has 0 aliphatic carbocycles. The Labute approximate surface area is 150 Å². The van der Waals surface area contributed by atoms with Gasteiger partial charge in [-0.25, -0.2) is 4.98 Å². The van der Waals surface area contributed by atoms with Gasteiger partial charge in [0.25, 0.3) is 0 Å². The lowest BCUT2D eigenvalue weighted by molar-refractivity contribution is -0.133. The van der Waals surface area contributed by atoms with Crippen LogP contribution in [0.4, 0.5) is 0 Å². The van der Waals surface area contributed by atoms with Crippen molar-refractivity contribution in [2.45, 2.75) is 4.34 Å². The van der Waals surface area contributed by atoms with E-state index in [2.05, 4.69) is 20.9 Å². The highest BCUT2D eigenvalue weighted by molar-refractivity contribution is 9.10. The van der Waals surface area contributed by atoms with E-state index in [1.807, 2.05) is 54.6 Å². The first-order valence-corrected chi connectivity index (χ1v) is 9.40. The third-order valence-electron chi connectivity index (χ3n) is 3.08. The van der Waals surface area contributed by atoms with E-state index in [0.29, 0.717) is 0 Å². The van der Waals surface area contributed by atoms with Crippen molar-refractivity contribution in [3.8, 4) is 21.7 Å². The summed E-state index contributed by atoms with van der Waals surface area (Å²) in [6.07, 6.45) is 0. The van der Waals surface area contributed by atoms with Crippen molar-refractivity contribution in [2.75, 3.05) is 5.75 Å². The number of benzene rings is 2. The smallest absolute Gasteiger partial charge is 0.313 e. The summed E-state index contributed by atoms with van der Waals surface area (Å²) < 4.78 is 1.78. The summed E-state index contributed by atoms with van der Waals surface area (Å²) in [4.78, 5) is 16.5. The quantitative estimate of drug-likeness (QED) is 0.575. The van der Waals surface area contributed by atoms with E-state index in [0.717, 1.165) is 30.5 Å². The Morgan fingerprint density at radius 3 is 2.43 bits per heavy atom. The van der Waals surface area contributed by atoms with Crippen molar-refractivity contribution in [1.82, 2.24) is 4.98 Å². The minimum absolute atomic E-state index is 0.0154. The SMILES string of the molecule is O=C(O)CSc1nc(-c2ccc(Br)cc2)c(-c2ccccc2)s1. The van der Waals surface area contributed by atoms with Gasteiger partial charge < -0.3 is 5.11 Å².